The van der Waals surface area contributed by atoms with Crippen LogP contribution in [0.5, 0.6) is 0 Å². The lowest BCUT2D eigenvalue weighted by Crippen LogP contribution is -2.37. The van der Waals surface area contributed by atoms with Gasteiger partial charge in [0.05, 0.1) is 19.1 Å². The summed E-state index contributed by atoms with van der Waals surface area (Å²) >= 11 is 1.43. The van der Waals surface area contributed by atoms with E-state index in [1.54, 1.807) is 0 Å². The van der Waals surface area contributed by atoms with Crippen LogP contribution < -0.4 is 4.90 Å². The predicted molar refractivity (Wildman–Crippen MR) is 68.1 cm³/mol. The van der Waals surface area contributed by atoms with Crippen molar-refractivity contribution in [3.8, 4) is 0 Å². The normalized spacial score (nSPS) is 17.1. The molecule has 1 aliphatic rings. The van der Waals surface area contributed by atoms with E-state index < -0.39 is 5.97 Å². The summed E-state index contributed by atoms with van der Waals surface area (Å²) in [6, 6.07) is 0. The molecule has 0 spiro atoms. The maximum absolute atomic E-state index is 10.4. The number of rotatable bonds is 5. The zero-order chi connectivity index (χ0) is 13.0. The number of ether oxygens (including phenoxy) is 1. The van der Waals surface area contributed by atoms with Crippen molar-refractivity contribution < 1.29 is 14.6 Å². The summed E-state index contributed by atoms with van der Waals surface area (Å²) in [5, 5.41) is 9.50. The number of hydrogen-bond acceptors (Lipinski definition) is 6. The van der Waals surface area contributed by atoms with Gasteiger partial charge in [0.2, 0.25) is 5.13 Å². The number of anilines is 1. The van der Waals surface area contributed by atoms with Crippen molar-refractivity contribution in [2.24, 2.45) is 0 Å². The molecule has 100 valence electrons. The number of hydrogen-bond donors (Lipinski definition) is 1. The summed E-state index contributed by atoms with van der Waals surface area (Å²) in [5.74, 6) is 0.00611. The van der Waals surface area contributed by atoms with E-state index in [9.17, 15) is 4.79 Å². The Morgan fingerprint density at radius 3 is 2.83 bits per heavy atom. The lowest BCUT2D eigenvalue weighted by atomic mass is 10.1. The highest BCUT2D eigenvalue weighted by molar-refractivity contribution is 7.09. The predicted octanol–water partition coefficient (Wildman–Crippen LogP) is 1.31. The van der Waals surface area contributed by atoms with E-state index >= 15 is 0 Å². The third kappa shape index (κ3) is 3.64. The van der Waals surface area contributed by atoms with Crippen LogP contribution in [0.1, 0.15) is 25.1 Å². The molecular formula is C11H17N3O3S. The van der Waals surface area contributed by atoms with Gasteiger partial charge in [0.25, 0.3) is 0 Å². The van der Waals surface area contributed by atoms with Gasteiger partial charge < -0.3 is 14.7 Å². The molecule has 7 heteroatoms. The van der Waals surface area contributed by atoms with Crippen LogP contribution in [0.25, 0.3) is 0 Å². The second kappa shape index (κ2) is 6.10. The van der Waals surface area contributed by atoms with Gasteiger partial charge >= 0.3 is 5.97 Å². The summed E-state index contributed by atoms with van der Waals surface area (Å²) in [6.45, 7) is 3.98. The Labute approximate surface area is 110 Å². The summed E-state index contributed by atoms with van der Waals surface area (Å²) in [6.07, 6.45) is 2.08. The molecule has 6 nitrogen and oxygen atoms in total. The molecule has 0 radical (unpaired) electrons. The van der Waals surface area contributed by atoms with Gasteiger partial charge in [-0.1, -0.05) is 0 Å². The van der Waals surface area contributed by atoms with Crippen molar-refractivity contribution in [3.63, 3.8) is 0 Å². The van der Waals surface area contributed by atoms with E-state index in [1.165, 1.54) is 11.5 Å². The topological polar surface area (TPSA) is 75.6 Å². The Bertz CT molecular complexity index is 402. The molecule has 1 aromatic heterocycles. The summed E-state index contributed by atoms with van der Waals surface area (Å²) < 4.78 is 9.72. The van der Waals surface area contributed by atoms with Gasteiger partial charge in [-0.25, -0.2) is 4.98 Å². The third-order valence-corrected chi connectivity index (χ3v) is 3.77. The first-order valence-corrected chi connectivity index (χ1v) is 6.81. The first-order valence-electron chi connectivity index (χ1n) is 6.04. The third-order valence-electron chi connectivity index (χ3n) is 2.90. The molecule has 18 heavy (non-hydrogen) atoms. The molecule has 0 aromatic carbocycles. The fourth-order valence-corrected chi connectivity index (χ4v) is 2.67. The lowest BCUT2D eigenvalue weighted by Gasteiger charge is -2.31. The second-order valence-electron chi connectivity index (χ2n) is 4.33. The molecule has 1 aliphatic heterocycles. The van der Waals surface area contributed by atoms with Crippen LogP contribution in [0, 0.1) is 6.92 Å². The standard InChI is InChI=1S/C11H17N3O3S/c1-8-12-11(18-13-8)14-5-2-9(3-6-14)17-7-4-10(15)16/h9H,2-7H2,1H3,(H,15,16). The van der Waals surface area contributed by atoms with Gasteiger partial charge in [-0.05, 0) is 19.8 Å². The van der Waals surface area contributed by atoms with E-state index in [2.05, 4.69) is 14.3 Å². The number of carboxylic acid groups (broad SMARTS) is 1. The molecule has 1 aromatic rings. The maximum Gasteiger partial charge on any atom is 0.305 e. The van der Waals surface area contributed by atoms with E-state index in [-0.39, 0.29) is 12.5 Å². The molecule has 0 aliphatic carbocycles. The van der Waals surface area contributed by atoms with E-state index in [0.29, 0.717) is 6.61 Å². The van der Waals surface area contributed by atoms with Crippen molar-refractivity contribution in [1.82, 2.24) is 9.36 Å². The largest absolute Gasteiger partial charge is 0.481 e. The van der Waals surface area contributed by atoms with E-state index in [0.717, 1.165) is 36.9 Å². The first-order chi connectivity index (χ1) is 8.65. The second-order valence-corrected chi connectivity index (χ2v) is 5.06. The Kier molecular flexibility index (Phi) is 4.48. The molecule has 0 atom stereocenters. The van der Waals surface area contributed by atoms with Crippen LogP contribution in [-0.4, -0.2) is 46.2 Å². The molecule has 2 rings (SSSR count). The van der Waals surface area contributed by atoms with Crippen molar-refractivity contribution in [3.05, 3.63) is 5.82 Å². The van der Waals surface area contributed by atoms with E-state index in [4.69, 9.17) is 9.84 Å². The highest BCUT2D eigenvalue weighted by Gasteiger charge is 2.21. The van der Waals surface area contributed by atoms with Crippen LogP contribution in [0.2, 0.25) is 0 Å². The summed E-state index contributed by atoms with van der Waals surface area (Å²) in [4.78, 5) is 16.9. The van der Waals surface area contributed by atoms with Gasteiger partial charge in [-0.2, -0.15) is 4.37 Å². The van der Waals surface area contributed by atoms with Crippen LogP contribution in [-0.2, 0) is 9.53 Å². The Morgan fingerprint density at radius 2 is 2.28 bits per heavy atom. The zero-order valence-electron chi connectivity index (χ0n) is 10.3. The van der Waals surface area contributed by atoms with Gasteiger partial charge in [-0.3, -0.25) is 4.79 Å². The smallest absolute Gasteiger partial charge is 0.305 e. The number of aliphatic carboxylic acids is 1. The van der Waals surface area contributed by atoms with Crippen LogP contribution in [0.15, 0.2) is 0 Å². The van der Waals surface area contributed by atoms with Crippen LogP contribution in [0.3, 0.4) is 0 Å². The molecule has 0 bridgehead atoms. The molecule has 1 saturated heterocycles. The average molecular weight is 271 g/mol. The van der Waals surface area contributed by atoms with Crippen molar-refractivity contribution >= 4 is 22.6 Å². The van der Waals surface area contributed by atoms with E-state index in [1.807, 2.05) is 6.92 Å². The summed E-state index contributed by atoms with van der Waals surface area (Å²) in [5.41, 5.74) is 0. The fraction of sp³-hybridized carbons (Fsp3) is 0.727. The molecule has 2 heterocycles. The number of aromatic nitrogens is 2. The van der Waals surface area contributed by atoms with Gasteiger partial charge in [0, 0.05) is 24.6 Å². The SMILES string of the molecule is Cc1nsc(N2CCC(OCCC(=O)O)CC2)n1. The zero-order valence-corrected chi connectivity index (χ0v) is 11.2. The maximum atomic E-state index is 10.4. The quantitative estimate of drug-likeness (QED) is 0.870. The van der Waals surface area contributed by atoms with Gasteiger partial charge in [-0.15, -0.1) is 0 Å². The van der Waals surface area contributed by atoms with Crippen molar-refractivity contribution in [2.75, 3.05) is 24.6 Å². The minimum Gasteiger partial charge on any atom is -0.481 e. The minimum absolute atomic E-state index is 0.0792. The Hall–Kier alpha value is -1.21. The molecule has 1 fully saturated rings. The van der Waals surface area contributed by atoms with Crippen LogP contribution in [0.4, 0.5) is 5.13 Å². The monoisotopic (exact) mass is 271 g/mol. The number of nitrogens with zero attached hydrogens (tertiary/aromatic N) is 3. The van der Waals surface area contributed by atoms with Gasteiger partial charge in [0.1, 0.15) is 5.82 Å². The van der Waals surface area contributed by atoms with Gasteiger partial charge in [0.15, 0.2) is 0 Å². The number of piperidine rings is 1. The average Bonchev–Trinajstić information content (AvgIpc) is 2.76. The Morgan fingerprint density at radius 1 is 1.56 bits per heavy atom. The molecular weight excluding hydrogens is 254 g/mol. The number of aryl methyl sites for hydroxylation is 1. The van der Waals surface area contributed by atoms with Crippen LogP contribution >= 0.6 is 11.5 Å². The minimum atomic E-state index is -0.809. The first kappa shape index (κ1) is 13.2. The number of carbonyl (C=O) groups is 1. The fourth-order valence-electron chi connectivity index (χ4n) is 1.94. The molecule has 0 amide bonds. The number of carboxylic acids is 1. The molecule has 0 saturated carbocycles. The molecule has 0 unspecified atom stereocenters. The van der Waals surface area contributed by atoms with Crippen molar-refractivity contribution in [2.45, 2.75) is 32.3 Å². The molecule has 1 N–H and O–H groups in total. The lowest BCUT2D eigenvalue weighted by molar-refractivity contribution is -0.138. The summed E-state index contributed by atoms with van der Waals surface area (Å²) in [7, 11) is 0. The Balaban J connectivity index is 1.73. The highest BCUT2D eigenvalue weighted by atomic mass is 32.1. The highest BCUT2D eigenvalue weighted by Crippen LogP contribution is 2.22. The van der Waals surface area contributed by atoms with Crippen molar-refractivity contribution in [1.29, 1.82) is 0 Å².